The van der Waals surface area contributed by atoms with Gasteiger partial charge in [0.1, 0.15) is 5.75 Å². The Morgan fingerprint density at radius 2 is 1.64 bits per heavy atom. The lowest BCUT2D eigenvalue weighted by molar-refractivity contribution is -0.123. The minimum Gasteiger partial charge on any atom is -0.497 e. The summed E-state index contributed by atoms with van der Waals surface area (Å²) < 4.78 is 10.0. The monoisotopic (exact) mass is 448 g/mol. The van der Waals surface area contributed by atoms with Crippen LogP contribution in [0.1, 0.15) is 33.6 Å². The number of anilines is 1. The standard InChI is InChI=1S/C25H24N2O6/c1-32-15-11-9-14(10-12-15)22(28)21-20-19(18-8-5-13-26(18)21)23(29)27(24(20)30)17-7-4-3-6-16(17)25(31)33-2/h3-4,6-7,9-12,18-21H,5,8,13H2,1-2H3/t18-,19+,20-,21+/m0/s1. The molecular weight excluding hydrogens is 424 g/mol. The highest BCUT2D eigenvalue weighted by Crippen LogP contribution is 2.49. The third-order valence-electron chi connectivity index (χ3n) is 7.05. The average Bonchev–Trinajstić information content (AvgIpc) is 3.50. The maximum absolute atomic E-state index is 13.7. The predicted octanol–water partition coefficient (Wildman–Crippen LogP) is 2.32. The van der Waals surface area contributed by atoms with Crippen LogP contribution in [0.5, 0.6) is 5.75 Å². The number of ketones is 1. The normalized spacial score (nSPS) is 26.3. The van der Waals surface area contributed by atoms with Gasteiger partial charge in [0.15, 0.2) is 5.78 Å². The summed E-state index contributed by atoms with van der Waals surface area (Å²) in [4.78, 5) is 56.3. The van der Waals surface area contributed by atoms with Gasteiger partial charge in [-0.2, -0.15) is 0 Å². The third kappa shape index (κ3) is 3.16. The smallest absolute Gasteiger partial charge is 0.339 e. The van der Waals surface area contributed by atoms with Crippen LogP contribution in [0, 0.1) is 11.8 Å². The Labute approximate surface area is 191 Å². The van der Waals surface area contributed by atoms with Crippen molar-refractivity contribution in [1.29, 1.82) is 0 Å². The summed E-state index contributed by atoms with van der Waals surface area (Å²) in [5.41, 5.74) is 0.817. The first-order chi connectivity index (χ1) is 16.0. The van der Waals surface area contributed by atoms with Gasteiger partial charge in [-0.3, -0.25) is 19.3 Å². The summed E-state index contributed by atoms with van der Waals surface area (Å²) in [5, 5.41) is 0. The Kier molecular flexibility index (Phi) is 5.25. The van der Waals surface area contributed by atoms with E-state index in [0.29, 0.717) is 17.9 Å². The summed E-state index contributed by atoms with van der Waals surface area (Å²) in [6, 6.07) is 12.3. The number of para-hydroxylation sites is 1. The van der Waals surface area contributed by atoms with Crippen molar-refractivity contribution in [2.45, 2.75) is 24.9 Å². The molecule has 3 aliphatic rings. The van der Waals surface area contributed by atoms with E-state index in [4.69, 9.17) is 9.47 Å². The number of carbonyl (C=O) groups is 4. The van der Waals surface area contributed by atoms with Crippen molar-refractivity contribution in [2.75, 3.05) is 25.7 Å². The Morgan fingerprint density at radius 1 is 0.939 bits per heavy atom. The van der Waals surface area contributed by atoms with E-state index < -0.39 is 29.8 Å². The summed E-state index contributed by atoms with van der Waals surface area (Å²) in [6.07, 6.45) is 1.61. The first kappa shape index (κ1) is 21.3. The van der Waals surface area contributed by atoms with Gasteiger partial charge in [0.2, 0.25) is 11.8 Å². The molecule has 2 aromatic carbocycles. The van der Waals surface area contributed by atoms with Gasteiger partial charge in [-0.25, -0.2) is 9.69 Å². The van der Waals surface area contributed by atoms with Crippen LogP contribution in [-0.2, 0) is 14.3 Å². The number of esters is 1. The second kappa shape index (κ2) is 8.12. The van der Waals surface area contributed by atoms with Crippen LogP contribution >= 0.6 is 0 Å². The Balaban J connectivity index is 1.55. The molecule has 0 spiro atoms. The van der Waals surface area contributed by atoms with Crippen LogP contribution in [0.2, 0.25) is 0 Å². The summed E-state index contributed by atoms with van der Waals surface area (Å²) >= 11 is 0. The zero-order chi connectivity index (χ0) is 23.3. The van der Waals surface area contributed by atoms with Crippen LogP contribution in [0.3, 0.4) is 0 Å². The molecule has 4 atom stereocenters. The van der Waals surface area contributed by atoms with Crippen LogP contribution < -0.4 is 9.64 Å². The van der Waals surface area contributed by atoms with E-state index in [1.807, 2.05) is 4.90 Å². The molecule has 0 radical (unpaired) electrons. The zero-order valence-electron chi connectivity index (χ0n) is 18.4. The lowest BCUT2D eigenvalue weighted by atomic mass is 9.85. The molecule has 0 saturated carbocycles. The molecule has 8 nitrogen and oxygen atoms in total. The van der Waals surface area contributed by atoms with E-state index in [1.54, 1.807) is 49.6 Å². The molecule has 2 aromatic rings. The summed E-state index contributed by atoms with van der Waals surface area (Å²) in [6.45, 7) is 0.670. The van der Waals surface area contributed by atoms with Crippen molar-refractivity contribution in [3.05, 3.63) is 59.7 Å². The number of methoxy groups -OCH3 is 2. The van der Waals surface area contributed by atoms with Gasteiger partial charge in [-0.05, 0) is 55.8 Å². The quantitative estimate of drug-likeness (QED) is 0.394. The van der Waals surface area contributed by atoms with E-state index in [2.05, 4.69) is 0 Å². The highest BCUT2D eigenvalue weighted by atomic mass is 16.5. The lowest BCUT2D eigenvalue weighted by Gasteiger charge is -2.28. The molecular formula is C25H24N2O6. The van der Waals surface area contributed by atoms with E-state index in [0.717, 1.165) is 17.7 Å². The number of hydrogen-bond acceptors (Lipinski definition) is 7. The molecule has 3 heterocycles. The Morgan fingerprint density at radius 3 is 2.33 bits per heavy atom. The van der Waals surface area contributed by atoms with Gasteiger partial charge in [-0.15, -0.1) is 0 Å². The molecule has 0 aromatic heterocycles. The van der Waals surface area contributed by atoms with Crippen molar-refractivity contribution < 1.29 is 28.7 Å². The maximum Gasteiger partial charge on any atom is 0.339 e. The fourth-order valence-electron chi connectivity index (χ4n) is 5.63. The highest BCUT2D eigenvalue weighted by molar-refractivity contribution is 6.26. The topological polar surface area (TPSA) is 93.2 Å². The number of carbonyl (C=O) groups excluding carboxylic acids is 4. The van der Waals surface area contributed by atoms with Gasteiger partial charge < -0.3 is 9.47 Å². The van der Waals surface area contributed by atoms with E-state index in [1.165, 1.54) is 13.2 Å². The zero-order valence-corrected chi connectivity index (χ0v) is 18.4. The number of imide groups is 1. The molecule has 3 saturated heterocycles. The van der Waals surface area contributed by atoms with Crippen LogP contribution in [0.15, 0.2) is 48.5 Å². The van der Waals surface area contributed by atoms with Gasteiger partial charge in [-0.1, -0.05) is 12.1 Å². The van der Waals surface area contributed by atoms with Crippen molar-refractivity contribution in [3.63, 3.8) is 0 Å². The molecule has 170 valence electrons. The third-order valence-corrected chi connectivity index (χ3v) is 7.05. The molecule has 2 amide bonds. The largest absolute Gasteiger partial charge is 0.497 e. The van der Waals surface area contributed by atoms with Gasteiger partial charge in [0.25, 0.3) is 0 Å². The molecule has 0 bridgehead atoms. The van der Waals surface area contributed by atoms with Crippen molar-refractivity contribution in [2.24, 2.45) is 11.8 Å². The molecule has 5 rings (SSSR count). The minimum atomic E-state index is -0.789. The van der Waals surface area contributed by atoms with Crippen LogP contribution in [-0.4, -0.2) is 61.3 Å². The number of fused-ring (bicyclic) bond motifs is 3. The SMILES string of the molecule is COC(=O)c1ccccc1N1C(=O)[C@H]2[C@H](C1=O)[C@H](C(=O)c1ccc(OC)cc1)N1CCC[C@@H]21. The van der Waals surface area contributed by atoms with Crippen molar-refractivity contribution in [1.82, 2.24) is 4.90 Å². The molecule has 3 fully saturated rings. The number of Topliss-reactive ketones (excluding diaryl/α,β-unsaturated/α-hetero) is 1. The molecule has 8 heteroatoms. The first-order valence-electron chi connectivity index (χ1n) is 11.0. The first-order valence-corrected chi connectivity index (χ1v) is 11.0. The second-order valence-electron chi connectivity index (χ2n) is 8.56. The second-order valence-corrected chi connectivity index (χ2v) is 8.56. The van der Waals surface area contributed by atoms with Crippen LogP contribution in [0.4, 0.5) is 5.69 Å². The molecule has 0 unspecified atom stereocenters. The van der Waals surface area contributed by atoms with E-state index in [-0.39, 0.29) is 29.0 Å². The number of ether oxygens (including phenoxy) is 2. The van der Waals surface area contributed by atoms with Crippen molar-refractivity contribution in [3.8, 4) is 5.75 Å². The molecule has 0 aliphatic carbocycles. The van der Waals surface area contributed by atoms with E-state index >= 15 is 0 Å². The molecule has 0 N–H and O–H groups in total. The summed E-state index contributed by atoms with van der Waals surface area (Å²) in [5.74, 6) is -2.38. The fraction of sp³-hybridized carbons (Fsp3) is 0.360. The molecule has 33 heavy (non-hydrogen) atoms. The number of benzene rings is 2. The van der Waals surface area contributed by atoms with Gasteiger partial charge >= 0.3 is 5.97 Å². The maximum atomic E-state index is 13.7. The average molecular weight is 448 g/mol. The predicted molar refractivity (Wildman–Crippen MR) is 118 cm³/mol. The number of hydrogen-bond donors (Lipinski definition) is 0. The fourth-order valence-corrected chi connectivity index (χ4v) is 5.63. The Hall–Kier alpha value is -3.52. The lowest BCUT2D eigenvalue weighted by Crippen LogP contribution is -2.46. The van der Waals surface area contributed by atoms with Crippen LogP contribution in [0.25, 0.3) is 0 Å². The number of rotatable bonds is 5. The number of amides is 2. The van der Waals surface area contributed by atoms with Crippen molar-refractivity contribution >= 4 is 29.3 Å². The van der Waals surface area contributed by atoms with Gasteiger partial charge in [0.05, 0.1) is 43.3 Å². The highest BCUT2D eigenvalue weighted by Gasteiger charge is 2.65. The van der Waals surface area contributed by atoms with Gasteiger partial charge in [0, 0.05) is 11.6 Å². The van der Waals surface area contributed by atoms with E-state index in [9.17, 15) is 19.2 Å². The minimum absolute atomic E-state index is 0.142. The molecule has 3 aliphatic heterocycles. The number of nitrogens with zero attached hydrogens (tertiary/aromatic N) is 2. The summed E-state index contributed by atoms with van der Waals surface area (Å²) in [7, 11) is 2.80. The Bertz CT molecular complexity index is 1140.